The van der Waals surface area contributed by atoms with Gasteiger partial charge in [-0.2, -0.15) is 5.26 Å². The summed E-state index contributed by atoms with van der Waals surface area (Å²) in [6.07, 6.45) is 1.28. The zero-order valence-corrected chi connectivity index (χ0v) is 7.81. The Kier molecular flexibility index (Phi) is 2.06. The number of nitriles is 1. The zero-order valence-electron chi connectivity index (χ0n) is 7.81. The van der Waals surface area contributed by atoms with E-state index in [2.05, 4.69) is 15.0 Å². The van der Waals surface area contributed by atoms with Crippen molar-refractivity contribution in [1.29, 1.82) is 5.26 Å². The highest BCUT2D eigenvalue weighted by molar-refractivity contribution is 5.80. The van der Waals surface area contributed by atoms with Crippen LogP contribution in [-0.2, 0) is 0 Å². The molecule has 2 aromatic rings. The number of H-pyrrole nitrogens is 1. The molecule has 0 radical (unpaired) electrons. The van der Waals surface area contributed by atoms with Crippen LogP contribution in [0, 0.1) is 11.3 Å². The summed E-state index contributed by atoms with van der Waals surface area (Å²) in [6, 6.07) is 3.19. The van der Waals surface area contributed by atoms with Crippen molar-refractivity contribution in [2.75, 3.05) is 7.11 Å². The molecule has 0 saturated heterocycles. The summed E-state index contributed by atoms with van der Waals surface area (Å²) in [5, 5.41) is 9.20. The lowest BCUT2D eigenvalue weighted by Crippen LogP contribution is -2.10. The van der Waals surface area contributed by atoms with Crippen molar-refractivity contribution in [3.63, 3.8) is 0 Å². The molecule has 0 unspecified atom stereocenters. The van der Waals surface area contributed by atoms with E-state index in [-0.39, 0.29) is 5.56 Å². The number of hydrogen-bond acceptors (Lipinski definition) is 5. The molecule has 6 heteroatoms. The molecule has 0 fully saturated rings. The van der Waals surface area contributed by atoms with Gasteiger partial charge in [-0.15, -0.1) is 0 Å². The van der Waals surface area contributed by atoms with Crippen molar-refractivity contribution >= 4 is 11.0 Å². The summed E-state index contributed by atoms with van der Waals surface area (Å²) in [5.74, 6) is 0.327. The van der Waals surface area contributed by atoms with Crippen LogP contribution in [0.5, 0.6) is 5.88 Å². The van der Waals surface area contributed by atoms with Gasteiger partial charge in [0.2, 0.25) is 5.88 Å². The van der Waals surface area contributed by atoms with Crippen LogP contribution in [0.3, 0.4) is 0 Å². The van der Waals surface area contributed by atoms with E-state index in [4.69, 9.17) is 10.00 Å². The van der Waals surface area contributed by atoms with Gasteiger partial charge in [0.1, 0.15) is 23.6 Å². The highest BCUT2D eigenvalue weighted by Crippen LogP contribution is 2.18. The minimum absolute atomic E-state index is 0.00981. The summed E-state index contributed by atoms with van der Waals surface area (Å²) in [6.45, 7) is 0. The molecular weight excluding hydrogens is 196 g/mol. The molecule has 2 aromatic heterocycles. The average molecular weight is 202 g/mol. The SMILES string of the molecule is COc1ncnc2[nH]c(=O)c(C#N)cc12. The van der Waals surface area contributed by atoms with Gasteiger partial charge in [0.15, 0.2) is 0 Å². The van der Waals surface area contributed by atoms with Crippen molar-refractivity contribution in [3.05, 3.63) is 28.3 Å². The molecule has 0 aromatic carbocycles. The van der Waals surface area contributed by atoms with Crippen molar-refractivity contribution in [1.82, 2.24) is 15.0 Å². The van der Waals surface area contributed by atoms with Crippen LogP contribution in [-0.4, -0.2) is 22.1 Å². The Morgan fingerprint density at radius 1 is 1.53 bits per heavy atom. The number of aromatic nitrogens is 3. The number of rotatable bonds is 1. The molecule has 0 saturated carbocycles. The Morgan fingerprint density at radius 2 is 2.33 bits per heavy atom. The van der Waals surface area contributed by atoms with E-state index >= 15 is 0 Å². The van der Waals surface area contributed by atoms with Gasteiger partial charge in [0.05, 0.1) is 12.5 Å². The molecular formula is C9H6N4O2. The van der Waals surface area contributed by atoms with Crippen molar-refractivity contribution < 1.29 is 4.74 Å². The molecule has 0 aliphatic carbocycles. The van der Waals surface area contributed by atoms with Crippen LogP contribution in [0.4, 0.5) is 0 Å². The minimum Gasteiger partial charge on any atom is -0.480 e. The number of pyridine rings is 1. The lowest BCUT2D eigenvalue weighted by atomic mass is 10.2. The van der Waals surface area contributed by atoms with Crippen molar-refractivity contribution in [3.8, 4) is 11.9 Å². The largest absolute Gasteiger partial charge is 0.480 e. The van der Waals surface area contributed by atoms with Crippen LogP contribution in [0.25, 0.3) is 11.0 Å². The van der Waals surface area contributed by atoms with E-state index in [1.54, 1.807) is 6.07 Å². The lowest BCUT2D eigenvalue weighted by Gasteiger charge is -2.02. The second-order valence-corrected chi connectivity index (χ2v) is 2.77. The Labute approximate surface area is 84.2 Å². The molecule has 0 atom stereocenters. The molecule has 2 rings (SSSR count). The van der Waals surface area contributed by atoms with E-state index in [1.165, 1.54) is 19.5 Å². The zero-order chi connectivity index (χ0) is 10.8. The molecule has 0 aliphatic rings. The first-order valence-corrected chi connectivity index (χ1v) is 4.08. The van der Waals surface area contributed by atoms with Crippen molar-refractivity contribution in [2.24, 2.45) is 0 Å². The fourth-order valence-electron chi connectivity index (χ4n) is 1.24. The Morgan fingerprint density at radius 3 is 3.00 bits per heavy atom. The maximum Gasteiger partial charge on any atom is 0.267 e. The fourth-order valence-corrected chi connectivity index (χ4v) is 1.24. The molecule has 0 spiro atoms. The minimum atomic E-state index is -0.467. The highest BCUT2D eigenvalue weighted by atomic mass is 16.5. The van der Waals surface area contributed by atoms with Gasteiger partial charge in [-0.25, -0.2) is 9.97 Å². The van der Waals surface area contributed by atoms with Gasteiger partial charge < -0.3 is 9.72 Å². The Balaban J connectivity index is 2.89. The number of nitrogens with one attached hydrogen (secondary N) is 1. The molecule has 1 N–H and O–H groups in total. The van der Waals surface area contributed by atoms with E-state index in [1.807, 2.05) is 0 Å². The maximum atomic E-state index is 11.3. The standard InChI is InChI=1S/C9H6N4O2/c1-15-9-6-2-5(3-10)8(14)13-7(6)11-4-12-9/h2,4H,1H3,(H,11,12,13,14). The molecule has 0 amide bonds. The smallest absolute Gasteiger partial charge is 0.267 e. The molecule has 15 heavy (non-hydrogen) atoms. The van der Waals surface area contributed by atoms with E-state index < -0.39 is 5.56 Å². The normalized spacial score (nSPS) is 9.87. The summed E-state index contributed by atoms with van der Waals surface area (Å²) in [5.41, 5.74) is -0.104. The number of nitrogens with zero attached hydrogens (tertiary/aromatic N) is 3. The predicted molar refractivity (Wildman–Crippen MR) is 51.4 cm³/mol. The van der Waals surface area contributed by atoms with Gasteiger partial charge in [-0.1, -0.05) is 0 Å². The van der Waals surface area contributed by atoms with Crippen molar-refractivity contribution in [2.45, 2.75) is 0 Å². The number of hydrogen-bond donors (Lipinski definition) is 1. The van der Waals surface area contributed by atoms with Gasteiger partial charge in [-0.3, -0.25) is 4.79 Å². The lowest BCUT2D eigenvalue weighted by molar-refractivity contribution is 0.402. The number of aromatic amines is 1. The Bertz CT molecular complexity index is 612. The summed E-state index contributed by atoms with van der Waals surface area (Å²) in [7, 11) is 1.46. The third-order valence-electron chi connectivity index (χ3n) is 1.93. The third kappa shape index (κ3) is 1.40. The second kappa shape index (κ2) is 3.38. The molecule has 0 bridgehead atoms. The van der Waals surface area contributed by atoms with Crippen LogP contribution in [0.2, 0.25) is 0 Å². The first kappa shape index (κ1) is 9.15. The monoisotopic (exact) mass is 202 g/mol. The molecule has 6 nitrogen and oxygen atoms in total. The maximum absolute atomic E-state index is 11.3. The van der Waals surface area contributed by atoms with Crippen LogP contribution < -0.4 is 10.3 Å². The molecule has 2 heterocycles. The number of ether oxygens (including phenoxy) is 1. The van der Waals surface area contributed by atoms with Gasteiger partial charge in [-0.05, 0) is 6.07 Å². The Hall–Kier alpha value is -2.42. The quantitative estimate of drug-likeness (QED) is 0.713. The summed E-state index contributed by atoms with van der Waals surface area (Å²) < 4.78 is 4.98. The summed E-state index contributed by atoms with van der Waals surface area (Å²) >= 11 is 0. The van der Waals surface area contributed by atoms with E-state index in [0.29, 0.717) is 16.9 Å². The highest BCUT2D eigenvalue weighted by Gasteiger charge is 2.07. The van der Waals surface area contributed by atoms with E-state index in [0.717, 1.165) is 0 Å². The third-order valence-corrected chi connectivity index (χ3v) is 1.93. The van der Waals surface area contributed by atoms with Crippen LogP contribution in [0.15, 0.2) is 17.2 Å². The van der Waals surface area contributed by atoms with Gasteiger partial charge in [0, 0.05) is 0 Å². The number of methoxy groups -OCH3 is 1. The molecule has 0 aliphatic heterocycles. The topological polar surface area (TPSA) is 91.7 Å². The first-order valence-electron chi connectivity index (χ1n) is 4.08. The van der Waals surface area contributed by atoms with E-state index in [9.17, 15) is 4.79 Å². The predicted octanol–water partition coefficient (Wildman–Crippen LogP) is 0.198. The molecule has 74 valence electrons. The fraction of sp³-hybridized carbons (Fsp3) is 0.111. The number of fused-ring (bicyclic) bond motifs is 1. The summed E-state index contributed by atoms with van der Waals surface area (Å²) in [4.78, 5) is 21.5. The average Bonchev–Trinajstić information content (AvgIpc) is 2.27. The van der Waals surface area contributed by atoms with Gasteiger partial charge >= 0.3 is 0 Å². The second-order valence-electron chi connectivity index (χ2n) is 2.77. The van der Waals surface area contributed by atoms with Gasteiger partial charge in [0.25, 0.3) is 5.56 Å². The van der Waals surface area contributed by atoms with Crippen LogP contribution >= 0.6 is 0 Å². The van der Waals surface area contributed by atoms with Crippen LogP contribution in [0.1, 0.15) is 5.56 Å². The first-order chi connectivity index (χ1) is 7.26.